The summed E-state index contributed by atoms with van der Waals surface area (Å²) < 4.78 is 7.21. The Morgan fingerprint density at radius 3 is 2.67 bits per heavy atom. The van der Waals surface area contributed by atoms with Crippen LogP contribution < -0.4 is 4.74 Å². The molecule has 0 aliphatic carbocycles. The van der Waals surface area contributed by atoms with E-state index in [0.717, 1.165) is 45.2 Å². The third kappa shape index (κ3) is 3.34. The molecule has 27 heavy (non-hydrogen) atoms. The number of hydrogen-bond donors (Lipinski definition) is 0. The fourth-order valence-electron chi connectivity index (χ4n) is 4.11. The van der Waals surface area contributed by atoms with E-state index in [1.807, 2.05) is 47.0 Å². The molecule has 1 fully saturated rings. The van der Waals surface area contributed by atoms with E-state index in [4.69, 9.17) is 4.74 Å². The van der Waals surface area contributed by atoms with Crippen LogP contribution in [0.1, 0.15) is 29.9 Å². The molecular formula is C21H25N3O2S. The number of benzene rings is 1. The summed E-state index contributed by atoms with van der Waals surface area (Å²) >= 11 is 1.53. The van der Waals surface area contributed by atoms with Gasteiger partial charge in [-0.2, -0.15) is 5.10 Å². The minimum Gasteiger partial charge on any atom is -0.497 e. The first-order valence-corrected chi connectivity index (χ1v) is 10.2. The monoisotopic (exact) mass is 383 g/mol. The van der Waals surface area contributed by atoms with Gasteiger partial charge in [0.15, 0.2) is 0 Å². The van der Waals surface area contributed by atoms with Gasteiger partial charge >= 0.3 is 0 Å². The summed E-state index contributed by atoms with van der Waals surface area (Å²) in [6, 6.07) is 9.90. The van der Waals surface area contributed by atoms with E-state index in [1.54, 1.807) is 7.11 Å². The number of nitrogens with zero attached hydrogens (tertiary/aromatic N) is 3. The number of fused-ring (bicyclic) bond motifs is 1. The molecule has 0 N–H and O–H groups in total. The molecule has 2 aromatic heterocycles. The first-order chi connectivity index (χ1) is 13.0. The van der Waals surface area contributed by atoms with Crippen molar-refractivity contribution in [3.05, 3.63) is 35.2 Å². The predicted octanol–water partition coefficient (Wildman–Crippen LogP) is 4.43. The SMILES string of the molecule is COc1cccc(-c2nn(C)c3sc(C(=O)N4C[C@H](C)C[C@@H](C)C4)cc23)c1. The van der Waals surface area contributed by atoms with Crippen molar-refractivity contribution in [2.45, 2.75) is 20.3 Å². The number of piperidine rings is 1. The van der Waals surface area contributed by atoms with Gasteiger partial charge in [0.1, 0.15) is 16.3 Å². The summed E-state index contributed by atoms with van der Waals surface area (Å²) in [5.41, 5.74) is 1.89. The lowest BCUT2D eigenvalue weighted by atomic mass is 9.92. The van der Waals surface area contributed by atoms with Gasteiger partial charge in [0.05, 0.1) is 12.0 Å². The van der Waals surface area contributed by atoms with Crippen molar-refractivity contribution in [2.75, 3.05) is 20.2 Å². The zero-order chi connectivity index (χ0) is 19.1. The van der Waals surface area contributed by atoms with Gasteiger partial charge in [-0.3, -0.25) is 9.48 Å². The highest BCUT2D eigenvalue weighted by atomic mass is 32.1. The van der Waals surface area contributed by atoms with Crippen LogP contribution in [-0.2, 0) is 7.05 Å². The fraction of sp³-hybridized carbons (Fsp3) is 0.429. The lowest BCUT2D eigenvalue weighted by molar-refractivity contribution is 0.0628. The zero-order valence-electron chi connectivity index (χ0n) is 16.2. The van der Waals surface area contributed by atoms with Gasteiger partial charge in [0, 0.05) is 31.1 Å². The highest BCUT2D eigenvalue weighted by Gasteiger charge is 2.28. The standard InChI is InChI=1S/C21H25N3O2S/c1-13-8-14(2)12-24(11-13)20(25)18-10-17-19(22-23(3)21(17)27-18)15-6-5-7-16(9-15)26-4/h5-7,9-10,13-14H,8,11-12H2,1-4H3/t13-,14-/m1/s1. The second kappa shape index (κ2) is 7.00. The van der Waals surface area contributed by atoms with E-state index < -0.39 is 0 Å². The first kappa shape index (κ1) is 18.0. The topological polar surface area (TPSA) is 47.4 Å². The van der Waals surface area contributed by atoms with Crippen molar-refractivity contribution in [1.29, 1.82) is 0 Å². The molecule has 2 atom stereocenters. The summed E-state index contributed by atoms with van der Waals surface area (Å²) in [7, 11) is 3.59. The van der Waals surface area contributed by atoms with Crippen LogP contribution >= 0.6 is 11.3 Å². The van der Waals surface area contributed by atoms with Crippen LogP contribution in [0.5, 0.6) is 5.75 Å². The summed E-state index contributed by atoms with van der Waals surface area (Å²) in [5, 5.41) is 5.70. The van der Waals surface area contributed by atoms with E-state index in [0.29, 0.717) is 11.8 Å². The summed E-state index contributed by atoms with van der Waals surface area (Å²) in [4.78, 5) is 16.9. The Morgan fingerprint density at radius 2 is 1.96 bits per heavy atom. The lowest BCUT2D eigenvalue weighted by Crippen LogP contribution is -2.42. The van der Waals surface area contributed by atoms with Gasteiger partial charge in [0.25, 0.3) is 5.91 Å². The number of ether oxygens (including phenoxy) is 1. The number of thiophene rings is 1. The Morgan fingerprint density at radius 1 is 1.22 bits per heavy atom. The van der Waals surface area contributed by atoms with Gasteiger partial charge in [-0.25, -0.2) is 0 Å². The van der Waals surface area contributed by atoms with Gasteiger partial charge in [-0.05, 0) is 36.5 Å². The summed E-state index contributed by atoms with van der Waals surface area (Å²) in [6.07, 6.45) is 1.19. The maximum atomic E-state index is 13.1. The van der Waals surface area contributed by atoms with E-state index in [2.05, 4.69) is 18.9 Å². The highest BCUT2D eigenvalue weighted by molar-refractivity contribution is 7.20. The second-order valence-electron chi connectivity index (χ2n) is 7.69. The molecule has 0 saturated carbocycles. The van der Waals surface area contributed by atoms with Crippen LogP contribution in [-0.4, -0.2) is 40.8 Å². The number of amides is 1. The van der Waals surface area contributed by atoms with Gasteiger partial charge in [-0.15, -0.1) is 11.3 Å². The molecule has 142 valence electrons. The Hall–Kier alpha value is -2.34. The molecule has 0 bridgehead atoms. The van der Waals surface area contributed by atoms with E-state index >= 15 is 0 Å². The second-order valence-corrected chi connectivity index (χ2v) is 8.72. The number of hydrogen-bond acceptors (Lipinski definition) is 4. The molecule has 3 aromatic rings. The largest absolute Gasteiger partial charge is 0.497 e. The zero-order valence-corrected chi connectivity index (χ0v) is 17.0. The van der Waals surface area contributed by atoms with Crippen molar-refractivity contribution in [2.24, 2.45) is 18.9 Å². The number of likely N-dealkylation sites (tertiary alicyclic amines) is 1. The number of aromatic nitrogens is 2. The van der Waals surface area contributed by atoms with Crippen molar-refractivity contribution in [3.8, 4) is 17.0 Å². The lowest BCUT2D eigenvalue weighted by Gasteiger charge is -2.34. The van der Waals surface area contributed by atoms with Crippen LogP contribution in [0.2, 0.25) is 0 Å². The van der Waals surface area contributed by atoms with Crippen LogP contribution in [0.3, 0.4) is 0 Å². The Bertz CT molecular complexity index is 981. The molecule has 0 radical (unpaired) electrons. The van der Waals surface area contributed by atoms with Crippen LogP contribution in [0, 0.1) is 11.8 Å². The Labute approximate surface area is 163 Å². The molecule has 5 nitrogen and oxygen atoms in total. The molecule has 1 aromatic carbocycles. The minimum atomic E-state index is 0.145. The average Bonchev–Trinajstić information content (AvgIpc) is 3.21. The van der Waals surface area contributed by atoms with Crippen molar-refractivity contribution in [3.63, 3.8) is 0 Å². The Kier molecular flexibility index (Phi) is 4.68. The highest BCUT2D eigenvalue weighted by Crippen LogP contribution is 2.35. The molecule has 3 heterocycles. The number of methoxy groups -OCH3 is 1. The van der Waals surface area contributed by atoms with Crippen LogP contribution in [0.25, 0.3) is 21.5 Å². The molecule has 1 amide bonds. The maximum Gasteiger partial charge on any atom is 0.264 e. The maximum absolute atomic E-state index is 13.1. The molecular weight excluding hydrogens is 358 g/mol. The smallest absolute Gasteiger partial charge is 0.264 e. The third-order valence-electron chi connectivity index (χ3n) is 5.22. The first-order valence-electron chi connectivity index (χ1n) is 9.36. The fourth-order valence-corrected chi connectivity index (χ4v) is 5.15. The molecule has 0 spiro atoms. The minimum absolute atomic E-state index is 0.145. The Balaban J connectivity index is 1.71. The predicted molar refractivity (Wildman–Crippen MR) is 109 cm³/mol. The van der Waals surface area contributed by atoms with E-state index in [1.165, 1.54) is 17.8 Å². The number of carbonyl (C=O) groups excluding carboxylic acids is 1. The molecule has 0 unspecified atom stereocenters. The molecule has 1 aliphatic heterocycles. The molecule has 4 rings (SSSR count). The van der Waals surface area contributed by atoms with E-state index in [-0.39, 0.29) is 5.91 Å². The summed E-state index contributed by atoms with van der Waals surface area (Å²) in [5.74, 6) is 2.06. The average molecular weight is 384 g/mol. The number of aryl methyl sites for hydroxylation is 1. The van der Waals surface area contributed by atoms with Crippen molar-refractivity contribution in [1.82, 2.24) is 14.7 Å². The van der Waals surface area contributed by atoms with Crippen LogP contribution in [0.15, 0.2) is 30.3 Å². The normalized spacial score (nSPS) is 20.2. The quantitative estimate of drug-likeness (QED) is 0.672. The molecule has 1 saturated heterocycles. The number of carbonyl (C=O) groups is 1. The molecule has 6 heteroatoms. The molecule has 1 aliphatic rings. The summed E-state index contributed by atoms with van der Waals surface area (Å²) in [6.45, 7) is 6.15. The van der Waals surface area contributed by atoms with E-state index in [9.17, 15) is 4.79 Å². The van der Waals surface area contributed by atoms with Gasteiger partial charge < -0.3 is 9.64 Å². The van der Waals surface area contributed by atoms with Gasteiger partial charge in [-0.1, -0.05) is 26.0 Å². The van der Waals surface area contributed by atoms with Crippen molar-refractivity contribution >= 4 is 27.5 Å². The third-order valence-corrected chi connectivity index (χ3v) is 6.41. The van der Waals surface area contributed by atoms with Gasteiger partial charge in [0.2, 0.25) is 0 Å². The van der Waals surface area contributed by atoms with Crippen LogP contribution in [0.4, 0.5) is 0 Å². The number of rotatable bonds is 3. The van der Waals surface area contributed by atoms with Crippen molar-refractivity contribution < 1.29 is 9.53 Å².